The van der Waals surface area contributed by atoms with Crippen molar-refractivity contribution in [3.63, 3.8) is 0 Å². The summed E-state index contributed by atoms with van der Waals surface area (Å²) in [6.07, 6.45) is 5.10. The Labute approximate surface area is 123 Å². The van der Waals surface area contributed by atoms with E-state index in [0.717, 1.165) is 32.1 Å². The summed E-state index contributed by atoms with van der Waals surface area (Å²) in [4.78, 5) is 23.0. The van der Waals surface area contributed by atoms with Gasteiger partial charge in [0.05, 0.1) is 0 Å². The van der Waals surface area contributed by atoms with Gasteiger partial charge in [0, 0.05) is 17.6 Å². The fourth-order valence-electron chi connectivity index (χ4n) is 2.74. The van der Waals surface area contributed by atoms with Gasteiger partial charge in [-0.15, -0.1) is 0 Å². The van der Waals surface area contributed by atoms with E-state index in [1.54, 1.807) is 0 Å². The van der Waals surface area contributed by atoms with E-state index in [-0.39, 0.29) is 23.6 Å². The number of carboxylic acids is 1. The molecule has 0 unspecified atom stereocenters. The molecule has 0 spiro atoms. The fourth-order valence-corrected chi connectivity index (χ4v) is 2.74. The number of rotatable bonds is 4. The molecule has 1 aliphatic rings. The molecule has 114 valence electrons. The van der Waals surface area contributed by atoms with Gasteiger partial charge in [-0.05, 0) is 31.0 Å². The van der Waals surface area contributed by atoms with Crippen molar-refractivity contribution in [3.8, 4) is 5.75 Å². The molecule has 6 nitrogen and oxygen atoms in total. The van der Waals surface area contributed by atoms with Crippen molar-refractivity contribution in [2.24, 2.45) is 5.73 Å². The molecule has 2 rings (SSSR count). The van der Waals surface area contributed by atoms with Crippen LogP contribution in [0.15, 0.2) is 18.2 Å². The van der Waals surface area contributed by atoms with E-state index in [1.165, 1.54) is 18.2 Å². The number of nitrogens with two attached hydrogens (primary N) is 1. The smallest absolute Gasteiger partial charge is 0.339 e. The van der Waals surface area contributed by atoms with E-state index in [0.29, 0.717) is 5.69 Å². The van der Waals surface area contributed by atoms with Crippen molar-refractivity contribution >= 4 is 17.6 Å². The largest absolute Gasteiger partial charge is 0.507 e. The van der Waals surface area contributed by atoms with Crippen LogP contribution in [-0.2, 0) is 4.79 Å². The molecule has 0 aliphatic heterocycles. The van der Waals surface area contributed by atoms with Crippen molar-refractivity contribution in [1.29, 1.82) is 0 Å². The Morgan fingerprint density at radius 2 is 1.90 bits per heavy atom. The van der Waals surface area contributed by atoms with Gasteiger partial charge in [0.15, 0.2) is 0 Å². The third-order valence-electron chi connectivity index (χ3n) is 3.87. The van der Waals surface area contributed by atoms with Crippen LogP contribution in [0.1, 0.15) is 48.9 Å². The highest BCUT2D eigenvalue weighted by atomic mass is 16.4. The highest BCUT2D eigenvalue weighted by Gasteiger charge is 2.30. The third-order valence-corrected chi connectivity index (χ3v) is 3.87. The summed E-state index contributed by atoms with van der Waals surface area (Å²) in [6, 6.07) is 3.95. The lowest BCUT2D eigenvalue weighted by Crippen LogP contribution is -2.44. The number of aromatic carboxylic acids is 1. The number of hydrogen-bond acceptors (Lipinski definition) is 4. The van der Waals surface area contributed by atoms with E-state index < -0.39 is 11.5 Å². The van der Waals surface area contributed by atoms with Gasteiger partial charge < -0.3 is 21.3 Å². The molecule has 1 aromatic rings. The second-order valence-corrected chi connectivity index (χ2v) is 5.69. The molecule has 1 amide bonds. The Morgan fingerprint density at radius 3 is 2.52 bits per heavy atom. The summed E-state index contributed by atoms with van der Waals surface area (Å²) >= 11 is 0. The number of carbonyl (C=O) groups excluding carboxylic acids is 1. The maximum Gasteiger partial charge on any atom is 0.339 e. The van der Waals surface area contributed by atoms with Gasteiger partial charge in [-0.2, -0.15) is 0 Å². The molecule has 1 aromatic carbocycles. The summed E-state index contributed by atoms with van der Waals surface area (Å²) in [5.74, 6) is -1.81. The summed E-state index contributed by atoms with van der Waals surface area (Å²) in [5.41, 5.74) is 5.86. The lowest BCUT2D eigenvalue weighted by atomic mass is 9.80. The van der Waals surface area contributed by atoms with Gasteiger partial charge in [0.1, 0.15) is 11.3 Å². The molecule has 1 saturated carbocycles. The zero-order valence-corrected chi connectivity index (χ0v) is 11.8. The van der Waals surface area contributed by atoms with E-state index in [4.69, 9.17) is 10.8 Å². The van der Waals surface area contributed by atoms with Crippen LogP contribution in [-0.4, -0.2) is 27.6 Å². The van der Waals surface area contributed by atoms with Gasteiger partial charge in [-0.1, -0.05) is 19.3 Å². The zero-order valence-electron chi connectivity index (χ0n) is 11.8. The number of phenols is 1. The standard InChI is InChI=1S/C15H20N2O4/c16-15(6-2-1-3-7-15)9-13(19)17-10-4-5-12(18)11(8-10)14(20)21/h4-5,8,18H,1-3,6-7,9,16H2,(H,17,19)(H,20,21). The molecule has 1 aliphatic carbocycles. The molecule has 0 bridgehead atoms. The van der Waals surface area contributed by atoms with Crippen LogP contribution in [0, 0.1) is 0 Å². The number of nitrogens with one attached hydrogen (secondary N) is 1. The van der Waals surface area contributed by atoms with E-state index >= 15 is 0 Å². The maximum absolute atomic E-state index is 12.1. The van der Waals surface area contributed by atoms with Crippen LogP contribution >= 0.6 is 0 Å². The van der Waals surface area contributed by atoms with Gasteiger partial charge >= 0.3 is 5.97 Å². The summed E-state index contributed by atoms with van der Waals surface area (Å²) < 4.78 is 0. The first-order chi connectivity index (χ1) is 9.89. The number of carbonyl (C=O) groups is 2. The Bertz CT molecular complexity index is 551. The van der Waals surface area contributed by atoms with Gasteiger partial charge in [-0.3, -0.25) is 4.79 Å². The van der Waals surface area contributed by atoms with Crippen molar-refractivity contribution in [3.05, 3.63) is 23.8 Å². The van der Waals surface area contributed by atoms with Crippen molar-refractivity contribution in [2.75, 3.05) is 5.32 Å². The SMILES string of the molecule is NC1(CC(=O)Nc2ccc(O)c(C(=O)O)c2)CCCCC1. The number of anilines is 1. The quantitative estimate of drug-likeness (QED) is 0.635. The summed E-state index contributed by atoms with van der Waals surface area (Å²) in [5, 5.41) is 21.0. The van der Waals surface area contributed by atoms with E-state index in [1.807, 2.05) is 0 Å². The molecular formula is C15H20N2O4. The Morgan fingerprint density at radius 1 is 1.24 bits per heavy atom. The molecule has 0 aromatic heterocycles. The molecule has 1 fully saturated rings. The normalized spacial score (nSPS) is 17.2. The Balaban J connectivity index is 2.02. The fraction of sp³-hybridized carbons (Fsp3) is 0.467. The first kappa shape index (κ1) is 15.3. The average Bonchev–Trinajstić information content (AvgIpc) is 2.40. The third kappa shape index (κ3) is 3.95. The van der Waals surface area contributed by atoms with Crippen molar-refractivity contribution in [1.82, 2.24) is 0 Å². The van der Waals surface area contributed by atoms with Crippen molar-refractivity contribution < 1.29 is 19.8 Å². The minimum Gasteiger partial charge on any atom is -0.507 e. The highest BCUT2D eigenvalue weighted by molar-refractivity contribution is 5.95. The van der Waals surface area contributed by atoms with Gasteiger partial charge in [0.2, 0.25) is 5.91 Å². The topological polar surface area (TPSA) is 113 Å². The number of benzene rings is 1. The molecule has 0 radical (unpaired) electrons. The Kier molecular flexibility index (Phi) is 4.47. The monoisotopic (exact) mass is 292 g/mol. The number of carboxylic acid groups (broad SMARTS) is 1. The lowest BCUT2D eigenvalue weighted by molar-refractivity contribution is -0.117. The first-order valence-electron chi connectivity index (χ1n) is 7.05. The van der Waals surface area contributed by atoms with Crippen LogP contribution in [0.5, 0.6) is 5.75 Å². The maximum atomic E-state index is 12.1. The molecule has 6 heteroatoms. The predicted octanol–water partition coefficient (Wildman–Crippen LogP) is 2.08. The minimum atomic E-state index is -1.24. The average molecular weight is 292 g/mol. The molecule has 0 atom stereocenters. The van der Waals surface area contributed by atoms with E-state index in [2.05, 4.69) is 5.32 Å². The van der Waals surface area contributed by atoms with Gasteiger partial charge in [-0.25, -0.2) is 4.79 Å². The second kappa shape index (κ2) is 6.13. The van der Waals surface area contributed by atoms with Gasteiger partial charge in [0.25, 0.3) is 0 Å². The highest BCUT2D eigenvalue weighted by Crippen LogP contribution is 2.29. The molecule has 21 heavy (non-hydrogen) atoms. The predicted molar refractivity (Wildman–Crippen MR) is 78.3 cm³/mol. The molecule has 0 heterocycles. The first-order valence-corrected chi connectivity index (χ1v) is 7.05. The number of hydrogen-bond donors (Lipinski definition) is 4. The van der Waals surface area contributed by atoms with Crippen LogP contribution < -0.4 is 11.1 Å². The van der Waals surface area contributed by atoms with E-state index in [9.17, 15) is 14.7 Å². The summed E-state index contributed by atoms with van der Waals surface area (Å²) in [6.45, 7) is 0. The van der Waals surface area contributed by atoms with Crippen molar-refractivity contribution in [2.45, 2.75) is 44.1 Å². The van der Waals surface area contributed by atoms with Crippen LogP contribution in [0.25, 0.3) is 0 Å². The lowest BCUT2D eigenvalue weighted by Gasteiger charge is -2.32. The zero-order chi connectivity index (χ0) is 15.5. The van der Waals surface area contributed by atoms with Crippen LogP contribution in [0.2, 0.25) is 0 Å². The molecular weight excluding hydrogens is 272 g/mol. The minimum absolute atomic E-state index is 0.219. The second-order valence-electron chi connectivity index (χ2n) is 5.69. The molecule has 5 N–H and O–H groups in total. The summed E-state index contributed by atoms with van der Waals surface area (Å²) in [7, 11) is 0. The molecule has 0 saturated heterocycles. The van der Waals surface area contributed by atoms with Crippen LogP contribution in [0.3, 0.4) is 0 Å². The number of amides is 1. The number of aromatic hydroxyl groups is 1. The van der Waals surface area contributed by atoms with Crippen LogP contribution in [0.4, 0.5) is 5.69 Å². The Hall–Kier alpha value is -2.08.